The van der Waals surface area contributed by atoms with E-state index in [1.54, 1.807) is 0 Å². The molecule has 0 amide bonds. The van der Waals surface area contributed by atoms with E-state index in [9.17, 15) is 0 Å². The molecule has 0 aromatic rings. The monoisotopic (exact) mass is 204 g/mol. The zero-order chi connectivity index (χ0) is 7.40. The minimum atomic E-state index is 0.858. The molecule has 0 radical (unpaired) electrons. The molecule has 0 bridgehead atoms. The van der Waals surface area contributed by atoms with E-state index in [1.165, 1.54) is 19.3 Å². The van der Waals surface area contributed by atoms with Crippen LogP contribution in [0.4, 0.5) is 0 Å². The number of hydrogen-bond donors (Lipinski definition) is 0. The van der Waals surface area contributed by atoms with Crippen molar-refractivity contribution in [2.24, 2.45) is 0 Å². The molecule has 0 aromatic carbocycles. The average Bonchev–Trinajstić information content (AvgIpc) is 1.88. The Kier molecular flexibility index (Phi) is 3.51. The van der Waals surface area contributed by atoms with Gasteiger partial charge in [0.15, 0.2) is 0 Å². The number of allylic oxidation sites excluding steroid dienone is 2. The zero-order valence-corrected chi connectivity index (χ0v) is 8.55. The first kappa shape index (κ1) is 8.36. The normalized spacial score (nSPS) is 25.7. The van der Waals surface area contributed by atoms with Crippen LogP contribution in [0.25, 0.3) is 0 Å². The van der Waals surface area contributed by atoms with E-state index in [2.05, 4.69) is 26.0 Å². The number of rotatable bonds is 2. The third-order valence-corrected chi connectivity index (χ3v) is 4.36. The summed E-state index contributed by atoms with van der Waals surface area (Å²) >= 11 is 0.858. The summed E-state index contributed by atoms with van der Waals surface area (Å²) in [5, 5.41) is 0. The molecule has 0 heterocycles. The maximum absolute atomic E-state index is 2.43. The molecule has 0 N–H and O–H groups in total. The average molecular weight is 203 g/mol. The van der Waals surface area contributed by atoms with Gasteiger partial charge in [-0.3, -0.25) is 0 Å². The molecule has 0 aromatic heterocycles. The fourth-order valence-corrected chi connectivity index (χ4v) is 3.77. The van der Waals surface area contributed by atoms with Crippen molar-refractivity contribution in [3.8, 4) is 0 Å². The molecule has 10 heavy (non-hydrogen) atoms. The van der Waals surface area contributed by atoms with Crippen LogP contribution in [0.15, 0.2) is 12.2 Å². The molecule has 58 valence electrons. The molecular weight excluding hydrogens is 187 g/mol. The second kappa shape index (κ2) is 4.20. The molecule has 0 fully saturated rings. The molecule has 0 nitrogen and oxygen atoms in total. The topological polar surface area (TPSA) is 0 Å². The summed E-state index contributed by atoms with van der Waals surface area (Å²) in [5.41, 5.74) is 0. The van der Waals surface area contributed by atoms with Crippen molar-refractivity contribution < 1.29 is 0 Å². The van der Waals surface area contributed by atoms with E-state index in [-0.39, 0.29) is 0 Å². The van der Waals surface area contributed by atoms with E-state index in [1.807, 2.05) is 0 Å². The predicted octanol–water partition coefficient (Wildman–Crippen LogP) is 3.05. The van der Waals surface area contributed by atoms with Gasteiger partial charge in [0.05, 0.1) is 0 Å². The molecule has 0 spiro atoms. The van der Waals surface area contributed by atoms with Crippen LogP contribution in [0, 0.1) is 0 Å². The second-order valence-corrected chi connectivity index (χ2v) is 6.90. The van der Waals surface area contributed by atoms with Crippen molar-refractivity contribution in [3.05, 3.63) is 12.2 Å². The van der Waals surface area contributed by atoms with Crippen LogP contribution in [-0.4, -0.2) is 15.0 Å². The van der Waals surface area contributed by atoms with Gasteiger partial charge in [0.2, 0.25) is 0 Å². The second-order valence-electron chi connectivity index (χ2n) is 3.08. The first-order chi connectivity index (χ1) is 4.79. The fourth-order valence-electron chi connectivity index (χ4n) is 1.24. The van der Waals surface area contributed by atoms with Crippen LogP contribution in [-0.2, 0) is 0 Å². The Morgan fingerprint density at radius 2 is 2.30 bits per heavy atom. The summed E-state index contributed by atoms with van der Waals surface area (Å²) in [6.07, 6.45) is 9.00. The quantitative estimate of drug-likeness (QED) is 0.478. The van der Waals surface area contributed by atoms with Gasteiger partial charge in [0.1, 0.15) is 0 Å². The van der Waals surface area contributed by atoms with E-state index >= 15 is 0 Å². The van der Waals surface area contributed by atoms with Crippen LogP contribution < -0.4 is 0 Å². The molecule has 1 heteroatoms. The Morgan fingerprint density at radius 1 is 1.50 bits per heavy atom. The summed E-state index contributed by atoms with van der Waals surface area (Å²) in [6, 6.07) is 0. The van der Waals surface area contributed by atoms with Gasteiger partial charge in [-0.05, 0) is 0 Å². The van der Waals surface area contributed by atoms with Gasteiger partial charge in [-0.1, -0.05) is 0 Å². The van der Waals surface area contributed by atoms with Crippen LogP contribution in [0.1, 0.15) is 33.1 Å². The van der Waals surface area contributed by atoms with Crippen molar-refractivity contribution >= 4 is 15.0 Å². The molecule has 1 atom stereocenters. The molecule has 0 saturated heterocycles. The summed E-state index contributed by atoms with van der Waals surface area (Å²) < 4.78 is 0. The zero-order valence-electron chi connectivity index (χ0n) is 6.84. The summed E-state index contributed by atoms with van der Waals surface area (Å²) in [5.74, 6) is 0. The van der Waals surface area contributed by atoms with Crippen molar-refractivity contribution in [3.63, 3.8) is 0 Å². The van der Waals surface area contributed by atoms with Crippen molar-refractivity contribution in [1.29, 1.82) is 0 Å². The maximum atomic E-state index is 2.43. The van der Waals surface area contributed by atoms with Gasteiger partial charge in [0, 0.05) is 0 Å². The van der Waals surface area contributed by atoms with Gasteiger partial charge in [-0.2, -0.15) is 0 Å². The van der Waals surface area contributed by atoms with Gasteiger partial charge in [-0.15, -0.1) is 0 Å². The summed E-state index contributed by atoms with van der Waals surface area (Å²) in [7, 11) is 0. The van der Waals surface area contributed by atoms with Gasteiger partial charge >= 0.3 is 69.9 Å². The predicted molar refractivity (Wildman–Crippen MR) is 47.6 cm³/mol. The van der Waals surface area contributed by atoms with E-state index < -0.39 is 0 Å². The molecule has 0 saturated carbocycles. The van der Waals surface area contributed by atoms with Gasteiger partial charge in [-0.25, -0.2) is 0 Å². The van der Waals surface area contributed by atoms with Crippen molar-refractivity contribution in [2.45, 2.75) is 42.7 Å². The first-order valence-electron chi connectivity index (χ1n) is 4.11. The Hall–Kier alpha value is 0.259. The molecule has 1 aliphatic carbocycles. The van der Waals surface area contributed by atoms with Crippen LogP contribution in [0.2, 0.25) is 9.63 Å². The van der Waals surface area contributed by atoms with E-state index in [0.29, 0.717) is 0 Å². The van der Waals surface area contributed by atoms with Gasteiger partial charge < -0.3 is 0 Å². The summed E-state index contributed by atoms with van der Waals surface area (Å²) in [6.45, 7) is 4.67. The number of hydrogen-bond acceptors (Lipinski definition) is 0. The molecule has 1 aliphatic rings. The Bertz CT molecular complexity index is 116. The Balaban J connectivity index is 2.26. The Labute approximate surface area is 70.2 Å². The summed E-state index contributed by atoms with van der Waals surface area (Å²) in [4.78, 5) is 1.89. The van der Waals surface area contributed by atoms with Crippen LogP contribution >= 0.6 is 0 Å². The van der Waals surface area contributed by atoms with Crippen molar-refractivity contribution in [1.82, 2.24) is 0 Å². The van der Waals surface area contributed by atoms with E-state index in [4.69, 9.17) is 0 Å². The third-order valence-electron chi connectivity index (χ3n) is 1.66. The Morgan fingerprint density at radius 3 is 2.80 bits per heavy atom. The standard InChI is InChI=1S/C9H16Se/c1-8(2)10-9-6-4-3-5-7-9/h4,6,8-9H,3,5,7H2,1-2H3. The first-order valence-corrected chi connectivity index (χ1v) is 6.09. The molecule has 1 unspecified atom stereocenters. The van der Waals surface area contributed by atoms with Crippen LogP contribution in [0.3, 0.4) is 0 Å². The minimum absolute atomic E-state index is 0.858. The molecular formula is C9H16Se. The van der Waals surface area contributed by atoms with Gasteiger partial charge in [0.25, 0.3) is 0 Å². The van der Waals surface area contributed by atoms with Crippen LogP contribution in [0.5, 0.6) is 0 Å². The molecule has 0 aliphatic heterocycles. The van der Waals surface area contributed by atoms with Crippen molar-refractivity contribution in [2.75, 3.05) is 0 Å². The fraction of sp³-hybridized carbons (Fsp3) is 0.778. The molecule has 1 rings (SSSR count). The SMILES string of the molecule is CC(C)[Se]C1C=CCCC1. The third kappa shape index (κ3) is 2.90. The van der Waals surface area contributed by atoms with E-state index in [0.717, 1.165) is 24.6 Å².